The fraction of sp³-hybridized carbons (Fsp3) is 0.944. The van der Waals surface area contributed by atoms with Crippen LogP contribution in [0.4, 0.5) is 0 Å². The first kappa shape index (κ1) is 19.8. The van der Waals surface area contributed by atoms with Crippen LogP contribution in [0.1, 0.15) is 73.1 Å². The van der Waals surface area contributed by atoms with Gasteiger partial charge in [-0.25, -0.2) is 0 Å². The number of amides is 1. The molecule has 2 rings (SSSR count). The van der Waals surface area contributed by atoms with Crippen LogP contribution in [0.15, 0.2) is 0 Å². The van der Waals surface area contributed by atoms with Gasteiger partial charge in [-0.05, 0) is 63.2 Å². The second-order valence-electron chi connectivity index (χ2n) is 9.31. The molecule has 22 heavy (non-hydrogen) atoms. The van der Waals surface area contributed by atoms with Gasteiger partial charge in [-0.15, -0.1) is 12.4 Å². The highest BCUT2D eigenvalue weighted by atomic mass is 35.5. The zero-order chi connectivity index (χ0) is 15.8. The smallest absolute Gasteiger partial charge is 0.223 e. The molecular weight excluding hydrogens is 296 g/mol. The first-order chi connectivity index (χ1) is 9.57. The van der Waals surface area contributed by atoms with Crippen molar-refractivity contribution in [2.24, 2.45) is 28.9 Å². The third-order valence-corrected chi connectivity index (χ3v) is 5.22. The molecule has 2 bridgehead atoms. The average Bonchev–Trinajstić information content (AvgIpc) is 2.23. The Morgan fingerprint density at radius 1 is 1.09 bits per heavy atom. The van der Waals surface area contributed by atoms with E-state index in [2.05, 4.69) is 39.9 Å². The molecular formula is C18H35ClN2O. The zero-order valence-corrected chi connectivity index (χ0v) is 15.8. The minimum atomic E-state index is -0.135. The van der Waals surface area contributed by atoms with Crippen molar-refractivity contribution < 1.29 is 4.79 Å². The summed E-state index contributed by atoms with van der Waals surface area (Å²) in [6, 6.07) is 0.338. The van der Waals surface area contributed by atoms with Crippen molar-refractivity contribution in [3.8, 4) is 0 Å². The Kier molecular flexibility index (Phi) is 6.37. The van der Waals surface area contributed by atoms with Crippen LogP contribution in [0.25, 0.3) is 0 Å². The zero-order valence-electron chi connectivity index (χ0n) is 14.9. The van der Waals surface area contributed by atoms with Gasteiger partial charge in [-0.3, -0.25) is 4.79 Å². The van der Waals surface area contributed by atoms with Gasteiger partial charge in [0.2, 0.25) is 5.91 Å². The van der Waals surface area contributed by atoms with Crippen LogP contribution in [-0.2, 0) is 4.79 Å². The topological polar surface area (TPSA) is 55.1 Å². The third-order valence-electron chi connectivity index (χ3n) is 5.22. The molecule has 0 aromatic carbocycles. The predicted molar refractivity (Wildman–Crippen MR) is 95.1 cm³/mol. The van der Waals surface area contributed by atoms with Crippen molar-refractivity contribution in [3.05, 3.63) is 0 Å². The number of carbonyl (C=O) groups is 1. The molecule has 0 aromatic rings. The molecule has 0 aliphatic heterocycles. The van der Waals surface area contributed by atoms with Crippen molar-refractivity contribution in [1.29, 1.82) is 0 Å². The second kappa shape index (κ2) is 7.09. The van der Waals surface area contributed by atoms with E-state index in [0.717, 1.165) is 19.3 Å². The largest absolute Gasteiger partial charge is 0.351 e. The van der Waals surface area contributed by atoms with Gasteiger partial charge in [-0.1, -0.05) is 27.2 Å². The van der Waals surface area contributed by atoms with E-state index < -0.39 is 0 Å². The Morgan fingerprint density at radius 2 is 1.59 bits per heavy atom. The molecule has 0 aromatic heterocycles. The van der Waals surface area contributed by atoms with Crippen LogP contribution >= 0.6 is 12.4 Å². The van der Waals surface area contributed by atoms with Crippen molar-refractivity contribution in [2.75, 3.05) is 0 Å². The molecule has 2 saturated carbocycles. The minimum Gasteiger partial charge on any atom is -0.351 e. The summed E-state index contributed by atoms with van der Waals surface area (Å²) in [5.74, 6) is 1.57. The van der Waals surface area contributed by atoms with Gasteiger partial charge < -0.3 is 11.1 Å². The van der Waals surface area contributed by atoms with Crippen LogP contribution in [0, 0.1) is 23.2 Å². The maximum absolute atomic E-state index is 12.7. The predicted octanol–water partition coefficient (Wildman–Crippen LogP) is 3.89. The number of fused-ring (bicyclic) bond motifs is 2. The van der Waals surface area contributed by atoms with Crippen molar-refractivity contribution in [3.63, 3.8) is 0 Å². The summed E-state index contributed by atoms with van der Waals surface area (Å²) < 4.78 is 0. The monoisotopic (exact) mass is 330 g/mol. The summed E-state index contributed by atoms with van der Waals surface area (Å²) >= 11 is 0. The number of rotatable bonds is 3. The molecule has 4 heteroatoms. The molecule has 130 valence electrons. The number of nitrogens with two attached hydrogens (primary N) is 1. The maximum Gasteiger partial charge on any atom is 0.223 e. The van der Waals surface area contributed by atoms with Crippen LogP contribution in [-0.4, -0.2) is 17.5 Å². The molecule has 0 radical (unpaired) electrons. The summed E-state index contributed by atoms with van der Waals surface area (Å²) in [7, 11) is 0. The summed E-state index contributed by atoms with van der Waals surface area (Å²) in [5, 5.41) is 3.31. The molecule has 3 nitrogen and oxygen atoms in total. The first-order valence-electron chi connectivity index (χ1n) is 8.65. The molecule has 2 aliphatic rings. The van der Waals surface area contributed by atoms with Gasteiger partial charge in [0.25, 0.3) is 0 Å². The van der Waals surface area contributed by atoms with Crippen LogP contribution in [0.3, 0.4) is 0 Å². The minimum absolute atomic E-state index is 0. The summed E-state index contributed by atoms with van der Waals surface area (Å²) in [6.45, 7) is 11.0. The highest BCUT2D eigenvalue weighted by Crippen LogP contribution is 2.42. The Labute approximate surface area is 142 Å². The Bertz CT molecular complexity index is 375. The van der Waals surface area contributed by atoms with Crippen LogP contribution in [0.2, 0.25) is 0 Å². The average molecular weight is 331 g/mol. The summed E-state index contributed by atoms with van der Waals surface area (Å²) in [6.07, 6.45) is 6.71. The van der Waals surface area contributed by atoms with Gasteiger partial charge >= 0.3 is 0 Å². The summed E-state index contributed by atoms with van der Waals surface area (Å²) in [5.41, 5.74) is 6.41. The molecule has 2 aliphatic carbocycles. The number of hydrogen-bond donors (Lipinski definition) is 2. The summed E-state index contributed by atoms with van der Waals surface area (Å²) in [4.78, 5) is 12.7. The van der Waals surface area contributed by atoms with E-state index >= 15 is 0 Å². The van der Waals surface area contributed by atoms with Gasteiger partial charge in [0, 0.05) is 17.5 Å². The van der Waals surface area contributed by atoms with Gasteiger partial charge in [0.05, 0.1) is 0 Å². The lowest BCUT2D eigenvalue weighted by Gasteiger charge is -2.44. The van der Waals surface area contributed by atoms with E-state index in [1.807, 2.05) is 0 Å². The lowest BCUT2D eigenvalue weighted by Crippen LogP contribution is -2.52. The highest BCUT2D eigenvalue weighted by Gasteiger charge is 2.41. The van der Waals surface area contributed by atoms with E-state index in [4.69, 9.17) is 5.73 Å². The Balaban J connectivity index is 0.00000242. The molecule has 0 spiro atoms. The molecule has 0 heterocycles. The Hall–Kier alpha value is -0.280. The number of halogens is 1. The first-order valence-corrected chi connectivity index (χ1v) is 8.65. The highest BCUT2D eigenvalue weighted by molar-refractivity contribution is 5.85. The molecule has 2 fully saturated rings. The van der Waals surface area contributed by atoms with E-state index in [1.54, 1.807) is 0 Å². The molecule has 0 saturated heterocycles. The Morgan fingerprint density at radius 3 is 2.05 bits per heavy atom. The van der Waals surface area contributed by atoms with E-state index in [9.17, 15) is 4.79 Å². The number of carbonyl (C=O) groups excluding carboxylic acids is 1. The van der Waals surface area contributed by atoms with E-state index in [-0.39, 0.29) is 35.2 Å². The molecule has 2 unspecified atom stereocenters. The van der Waals surface area contributed by atoms with E-state index in [0.29, 0.717) is 17.9 Å². The second-order valence-corrected chi connectivity index (χ2v) is 9.31. The van der Waals surface area contributed by atoms with Gasteiger partial charge in [0.1, 0.15) is 0 Å². The number of nitrogens with one attached hydrogen (secondary N) is 1. The lowest BCUT2D eigenvalue weighted by atomic mass is 9.65. The van der Waals surface area contributed by atoms with Crippen molar-refractivity contribution in [1.82, 2.24) is 5.32 Å². The third kappa shape index (κ3) is 5.13. The SMILES string of the molecule is CC(C)(C)CC(C)(C)NC(=O)C1CC2CCCC(C1)C2N.Cl. The fourth-order valence-corrected chi connectivity index (χ4v) is 4.81. The number of hydrogen-bond acceptors (Lipinski definition) is 2. The van der Waals surface area contributed by atoms with Crippen molar-refractivity contribution in [2.45, 2.75) is 84.7 Å². The fourth-order valence-electron chi connectivity index (χ4n) is 4.81. The van der Waals surface area contributed by atoms with Crippen LogP contribution < -0.4 is 11.1 Å². The quantitative estimate of drug-likeness (QED) is 0.824. The van der Waals surface area contributed by atoms with E-state index in [1.165, 1.54) is 19.3 Å². The maximum atomic E-state index is 12.7. The van der Waals surface area contributed by atoms with Crippen LogP contribution in [0.5, 0.6) is 0 Å². The lowest BCUT2D eigenvalue weighted by molar-refractivity contribution is -0.129. The van der Waals surface area contributed by atoms with Gasteiger partial charge in [-0.2, -0.15) is 0 Å². The standard InChI is InChI=1S/C18H34N2O.ClH/c1-17(2,3)11-18(4,5)20-16(21)14-9-12-7-6-8-13(10-14)15(12)19;/h12-15H,6-11,19H2,1-5H3,(H,20,21);1H. The van der Waals surface area contributed by atoms with Crippen molar-refractivity contribution >= 4 is 18.3 Å². The normalized spacial score (nSPS) is 32.1. The molecule has 3 N–H and O–H groups in total. The molecule has 1 amide bonds. The van der Waals surface area contributed by atoms with Gasteiger partial charge in [0.15, 0.2) is 0 Å². The molecule has 2 atom stereocenters.